The Morgan fingerprint density at radius 3 is 2.60 bits per heavy atom. The molecule has 0 aliphatic heterocycles. The summed E-state index contributed by atoms with van der Waals surface area (Å²) < 4.78 is 49.6. The molecule has 1 heterocycles. The number of rotatable bonds is 7. The van der Waals surface area contributed by atoms with E-state index in [-0.39, 0.29) is 13.2 Å². The van der Waals surface area contributed by atoms with Crippen molar-refractivity contribution in [2.75, 3.05) is 18.5 Å². The highest BCUT2D eigenvalue weighted by molar-refractivity contribution is 6.39. The third-order valence-corrected chi connectivity index (χ3v) is 3.07. The highest BCUT2D eigenvalue weighted by Gasteiger charge is 2.18. The number of halogens is 3. The largest absolute Gasteiger partial charge is 0.467 e. The zero-order chi connectivity index (χ0) is 18.2. The van der Waals surface area contributed by atoms with Crippen LogP contribution in [0, 0.1) is 17.5 Å². The molecule has 0 saturated heterocycles. The van der Waals surface area contributed by atoms with Crippen LogP contribution in [0.5, 0.6) is 0 Å². The van der Waals surface area contributed by atoms with E-state index in [4.69, 9.17) is 9.15 Å². The lowest BCUT2D eigenvalue weighted by Gasteiger charge is -2.08. The van der Waals surface area contributed by atoms with E-state index in [1.54, 1.807) is 12.1 Å². The second-order valence-electron chi connectivity index (χ2n) is 4.92. The van der Waals surface area contributed by atoms with Gasteiger partial charge in [-0.2, -0.15) is 0 Å². The molecule has 2 rings (SSSR count). The second-order valence-corrected chi connectivity index (χ2v) is 4.92. The lowest BCUT2D eigenvalue weighted by atomic mass is 10.2. The molecular weight excluding hydrogens is 341 g/mol. The van der Waals surface area contributed by atoms with Crippen LogP contribution in [0.4, 0.5) is 18.9 Å². The molecule has 2 N–H and O–H groups in total. The van der Waals surface area contributed by atoms with Gasteiger partial charge in [0.15, 0.2) is 17.5 Å². The maximum atomic E-state index is 13.4. The van der Waals surface area contributed by atoms with Gasteiger partial charge in [-0.25, -0.2) is 13.2 Å². The fourth-order valence-electron chi connectivity index (χ4n) is 1.83. The molecule has 0 unspecified atom stereocenters. The van der Waals surface area contributed by atoms with E-state index in [1.807, 2.05) is 5.32 Å². The first-order chi connectivity index (χ1) is 12.0. The van der Waals surface area contributed by atoms with Gasteiger partial charge in [-0.1, -0.05) is 0 Å². The van der Waals surface area contributed by atoms with Gasteiger partial charge in [0, 0.05) is 13.2 Å². The molecule has 0 saturated carbocycles. The van der Waals surface area contributed by atoms with Gasteiger partial charge in [-0.15, -0.1) is 0 Å². The summed E-state index contributed by atoms with van der Waals surface area (Å²) in [6.07, 6.45) is 1.95. The average molecular weight is 356 g/mol. The molecular formula is C16H15F3N2O4. The molecule has 0 atom stereocenters. The highest BCUT2D eigenvalue weighted by Crippen LogP contribution is 2.19. The number of anilines is 1. The van der Waals surface area contributed by atoms with Crippen molar-refractivity contribution in [1.82, 2.24) is 5.32 Å². The molecule has 134 valence electrons. The van der Waals surface area contributed by atoms with Gasteiger partial charge in [-0.05, 0) is 30.7 Å². The Hall–Kier alpha value is -2.81. The molecule has 2 aromatic rings. The van der Waals surface area contributed by atoms with Gasteiger partial charge in [-0.3, -0.25) is 9.59 Å². The number of ether oxygens (including phenoxy) is 1. The van der Waals surface area contributed by atoms with Gasteiger partial charge < -0.3 is 19.8 Å². The first kappa shape index (κ1) is 18.5. The van der Waals surface area contributed by atoms with E-state index in [0.29, 0.717) is 24.9 Å². The predicted molar refractivity (Wildman–Crippen MR) is 80.9 cm³/mol. The minimum atomic E-state index is -1.73. The lowest BCUT2D eigenvalue weighted by molar-refractivity contribution is -0.136. The van der Waals surface area contributed by atoms with Gasteiger partial charge in [0.2, 0.25) is 0 Å². The first-order valence-corrected chi connectivity index (χ1v) is 7.32. The summed E-state index contributed by atoms with van der Waals surface area (Å²) in [5.41, 5.74) is -0.624. The maximum Gasteiger partial charge on any atom is 0.313 e. The monoisotopic (exact) mass is 356 g/mol. The zero-order valence-corrected chi connectivity index (χ0v) is 13.0. The standard InChI is InChI=1S/C16H15F3N2O4/c17-11-4-5-12(14(19)13(11)18)21-16(23)15(22)20-6-2-7-24-9-10-3-1-8-25-10/h1,3-5,8H,2,6-7,9H2,(H,20,22)(H,21,23). The summed E-state index contributed by atoms with van der Waals surface area (Å²) in [6.45, 7) is 0.752. The topological polar surface area (TPSA) is 80.6 Å². The Labute approximate surface area is 141 Å². The quantitative estimate of drug-likeness (QED) is 0.453. The fraction of sp³-hybridized carbons (Fsp3) is 0.250. The van der Waals surface area contributed by atoms with Crippen molar-refractivity contribution in [1.29, 1.82) is 0 Å². The van der Waals surface area contributed by atoms with Crippen LogP contribution in [-0.2, 0) is 20.9 Å². The van der Waals surface area contributed by atoms with Crippen LogP contribution in [0.25, 0.3) is 0 Å². The smallest absolute Gasteiger partial charge is 0.313 e. The van der Waals surface area contributed by atoms with Crippen molar-refractivity contribution in [3.8, 4) is 0 Å². The minimum Gasteiger partial charge on any atom is -0.467 e. The second kappa shape index (κ2) is 8.88. The Bertz CT molecular complexity index is 735. The van der Waals surface area contributed by atoms with Crippen LogP contribution in [0.1, 0.15) is 12.2 Å². The molecule has 2 amide bonds. The fourth-order valence-corrected chi connectivity index (χ4v) is 1.83. The first-order valence-electron chi connectivity index (χ1n) is 7.32. The number of carbonyl (C=O) groups is 2. The van der Waals surface area contributed by atoms with Crippen molar-refractivity contribution in [3.63, 3.8) is 0 Å². The van der Waals surface area contributed by atoms with E-state index in [0.717, 1.165) is 6.07 Å². The number of benzene rings is 1. The van der Waals surface area contributed by atoms with Gasteiger partial charge in [0.05, 0.1) is 12.0 Å². The van der Waals surface area contributed by atoms with Gasteiger partial charge >= 0.3 is 11.8 Å². The molecule has 0 aliphatic rings. The summed E-state index contributed by atoms with van der Waals surface area (Å²) in [6, 6.07) is 4.95. The number of hydrogen-bond donors (Lipinski definition) is 2. The Morgan fingerprint density at radius 1 is 1.08 bits per heavy atom. The minimum absolute atomic E-state index is 0.144. The predicted octanol–water partition coefficient (Wildman–Crippen LogP) is 2.36. The molecule has 1 aromatic carbocycles. The van der Waals surface area contributed by atoms with Crippen molar-refractivity contribution in [2.45, 2.75) is 13.0 Å². The molecule has 0 radical (unpaired) electrons. The number of nitrogens with one attached hydrogen (secondary N) is 2. The summed E-state index contributed by atoms with van der Waals surface area (Å²) in [5, 5.41) is 4.17. The summed E-state index contributed by atoms with van der Waals surface area (Å²) in [7, 11) is 0. The summed E-state index contributed by atoms with van der Waals surface area (Å²) >= 11 is 0. The van der Waals surface area contributed by atoms with E-state index in [2.05, 4.69) is 5.32 Å². The molecule has 0 bridgehead atoms. The van der Waals surface area contributed by atoms with Gasteiger partial charge in [0.1, 0.15) is 12.4 Å². The average Bonchev–Trinajstić information content (AvgIpc) is 3.11. The van der Waals surface area contributed by atoms with Crippen LogP contribution < -0.4 is 10.6 Å². The maximum absolute atomic E-state index is 13.4. The zero-order valence-electron chi connectivity index (χ0n) is 13.0. The van der Waals surface area contributed by atoms with Crippen molar-refractivity contribution in [2.24, 2.45) is 0 Å². The molecule has 25 heavy (non-hydrogen) atoms. The molecule has 0 aliphatic carbocycles. The van der Waals surface area contributed by atoms with Crippen LogP contribution >= 0.6 is 0 Å². The van der Waals surface area contributed by atoms with E-state index in [1.165, 1.54) is 6.26 Å². The van der Waals surface area contributed by atoms with Crippen LogP contribution in [0.2, 0.25) is 0 Å². The number of carbonyl (C=O) groups excluding carboxylic acids is 2. The van der Waals surface area contributed by atoms with E-state index in [9.17, 15) is 22.8 Å². The molecule has 1 aromatic heterocycles. The summed E-state index contributed by atoms with van der Waals surface area (Å²) in [4.78, 5) is 23.1. The molecule has 9 heteroatoms. The molecule has 6 nitrogen and oxygen atoms in total. The number of hydrogen-bond acceptors (Lipinski definition) is 4. The highest BCUT2D eigenvalue weighted by atomic mass is 19.2. The Kier molecular flexibility index (Phi) is 6.58. The van der Waals surface area contributed by atoms with Crippen molar-refractivity contribution >= 4 is 17.5 Å². The Morgan fingerprint density at radius 2 is 1.88 bits per heavy atom. The van der Waals surface area contributed by atoms with Gasteiger partial charge in [0.25, 0.3) is 0 Å². The van der Waals surface area contributed by atoms with Crippen molar-refractivity contribution in [3.05, 3.63) is 53.7 Å². The number of furan rings is 1. The van der Waals surface area contributed by atoms with Crippen LogP contribution in [0.3, 0.4) is 0 Å². The van der Waals surface area contributed by atoms with Crippen LogP contribution in [-0.4, -0.2) is 25.0 Å². The molecule has 0 spiro atoms. The van der Waals surface area contributed by atoms with Crippen molar-refractivity contribution < 1.29 is 31.9 Å². The van der Waals surface area contributed by atoms with E-state index < -0.39 is 35.0 Å². The number of amides is 2. The van der Waals surface area contributed by atoms with E-state index >= 15 is 0 Å². The third-order valence-electron chi connectivity index (χ3n) is 3.07. The normalized spacial score (nSPS) is 10.5. The third kappa shape index (κ3) is 5.35. The lowest BCUT2D eigenvalue weighted by Crippen LogP contribution is -2.36. The Balaban J connectivity index is 1.68. The molecule has 0 fully saturated rings. The summed E-state index contributed by atoms with van der Waals surface area (Å²) in [5.74, 6) is -6.26. The SMILES string of the molecule is O=C(NCCCOCc1ccco1)C(=O)Nc1ccc(F)c(F)c1F. The van der Waals surface area contributed by atoms with Crippen LogP contribution in [0.15, 0.2) is 34.9 Å².